The second kappa shape index (κ2) is 6.51. The number of phenolic OH excluding ortho intramolecular Hbond substituents is 1. The molecule has 2 N–H and O–H groups in total. The van der Waals surface area contributed by atoms with Crippen LogP contribution in [0.1, 0.15) is 18.4 Å². The molecule has 0 aromatic heterocycles. The molecule has 0 bridgehead atoms. The molecule has 2 aliphatic rings. The quantitative estimate of drug-likeness (QED) is 0.898. The Bertz CT molecular complexity index is 618. The molecule has 1 aliphatic carbocycles. The molecule has 1 atom stereocenters. The van der Waals surface area contributed by atoms with Crippen LogP contribution in [0.25, 0.3) is 5.57 Å². The average Bonchev–Trinajstić information content (AvgIpc) is 2.56. The van der Waals surface area contributed by atoms with Crippen molar-refractivity contribution in [2.75, 3.05) is 26.2 Å². The molecule has 116 valence electrons. The molecule has 1 aromatic carbocycles. The van der Waals surface area contributed by atoms with Crippen molar-refractivity contribution in [3.63, 3.8) is 0 Å². The lowest BCUT2D eigenvalue weighted by Gasteiger charge is -2.37. The molecule has 1 aliphatic heterocycles. The molecule has 0 saturated carbocycles. The minimum absolute atomic E-state index is 0.157. The zero-order valence-electron chi connectivity index (χ0n) is 12.8. The van der Waals surface area contributed by atoms with E-state index < -0.39 is 0 Å². The first kappa shape index (κ1) is 15.1. The predicted octanol–water partition coefficient (Wildman–Crippen LogP) is 2.98. The van der Waals surface area contributed by atoms with Crippen LogP contribution in [0.5, 0.6) is 5.75 Å². The van der Waals surface area contributed by atoms with Gasteiger partial charge in [-0.15, -0.1) is 0 Å². The molecule has 3 nitrogen and oxygen atoms in total. The fourth-order valence-corrected chi connectivity index (χ4v) is 3.29. The Morgan fingerprint density at radius 3 is 2.86 bits per heavy atom. The van der Waals surface area contributed by atoms with Gasteiger partial charge in [-0.3, -0.25) is 4.90 Å². The molecule has 3 heteroatoms. The Hall–Kier alpha value is -1.84. The van der Waals surface area contributed by atoms with Crippen molar-refractivity contribution in [1.82, 2.24) is 4.90 Å². The maximum absolute atomic E-state index is 9.83. The Morgan fingerprint density at radius 1 is 1.23 bits per heavy atom. The average molecular weight is 297 g/mol. The van der Waals surface area contributed by atoms with Crippen LogP contribution in [0.3, 0.4) is 0 Å². The van der Waals surface area contributed by atoms with E-state index >= 15 is 0 Å². The van der Waals surface area contributed by atoms with Gasteiger partial charge in [-0.25, -0.2) is 0 Å². The van der Waals surface area contributed by atoms with Crippen LogP contribution in [-0.4, -0.2) is 41.4 Å². The first-order valence-corrected chi connectivity index (χ1v) is 7.87. The topological polar surface area (TPSA) is 43.7 Å². The lowest BCUT2D eigenvalue weighted by molar-refractivity contribution is 0.118. The van der Waals surface area contributed by atoms with Crippen LogP contribution < -0.4 is 0 Å². The number of nitrogens with zero attached hydrogens (tertiary/aromatic N) is 1. The summed E-state index contributed by atoms with van der Waals surface area (Å²) in [6, 6.07) is 7.44. The van der Waals surface area contributed by atoms with E-state index in [1.54, 1.807) is 6.07 Å². The largest absolute Gasteiger partial charge is 0.508 e. The van der Waals surface area contributed by atoms with Crippen molar-refractivity contribution in [2.24, 2.45) is 5.41 Å². The molecule has 0 fully saturated rings. The summed E-state index contributed by atoms with van der Waals surface area (Å²) in [5, 5.41) is 19.5. The molecule has 0 amide bonds. The SMILES string of the molecule is OCC1(CN2CCC=C(c3cccc(O)c3)C2)C=CC=CC1. The van der Waals surface area contributed by atoms with Gasteiger partial charge in [0.1, 0.15) is 5.75 Å². The van der Waals surface area contributed by atoms with E-state index in [2.05, 4.69) is 23.1 Å². The number of hydrogen-bond donors (Lipinski definition) is 2. The van der Waals surface area contributed by atoms with E-state index in [4.69, 9.17) is 0 Å². The monoisotopic (exact) mass is 297 g/mol. The van der Waals surface area contributed by atoms with Crippen molar-refractivity contribution in [1.29, 1.82) is 0 Å². The lowest BCUT2D eigenvalue weighted by Crippen LogP contribution is -2.41. The minimum Gasteiger partial charge on any atom is -0.508 e. The molecule has 22 heavy (non-hydrogen) atoms. The Kier molecular flexibility index (Phi) is 4.46. The van der Waals surface area contributed by atoms with E-state index in [0.717, 1.165) is 38.0 Å². The van der Waals surface area contributed by atoms with Crippen molar-refractivity contribution in [2.45, 2.75) is 12.8 Å². The summed E-state index contributed by atoms with van der Waals surface area (Å²) in [5.74, 6) is 0.308. The standard InChI is InChI=1S/C19H23NO2/c21-15-19(9-2-1-3-10-19)14-20-11-5-7-17(13-20)16-6-4-8-18(22)12-16/h1-4,6-9,12,21-22H,5,10-11,13-15H2. The summed E-state index contributed by atoms with van der Waals surface area (Å²) in [5.41, 5.74) is 2.18. The summed E-state index contributed by atoms with van der Waals surface area (Å²) in [6.45, 7) is 2.92. The van der Waals surface area contributed by atoms with Gasteiger partial charge in [0.15, 0.2) is 0 Å². The number of aliphatic hydroxyl groups excluding tert-OH is 1. The van der Waals surface area contributed by atoms with E-state index in [-0.39, 0.29) is 12.0 Å². The fourth-order valence-electron chi connectivity index (χ4n) is 3.29. The molecule has 1 heterocycles. The van der Waals surface area contributed by atoms with E-state index in [0.29, 0.717) is 5.75 Å². The fraction of sp³-hybridized carbons (Fsp3) is 0.368. The van der Waals surface area contributed by atoms with Crippen LogP contribution in [0.15, 0.2) is 54.6 Å². The number of aliphatic hydroxyl groups is 1. The van der Waals surface area contributed by atoms with Crippen LogP contribution >= 0.6 is 0 Å². The van der Waals surface area contributed by atoms with Crippen molar-refractivity contribution in [3.8, 4) is 5.75 Å². The van der Waals surface area contributed by atoms with Crippen LogP contribution in [0, 0.1) is 5.41 Å². The van der Waals surface area contributed by atoms with Crippen molar-refractivity contribution in [3.05, 3.63) is 60.2 Å². The third-order valence-corrected chi connectivity index (χ3v) is 4.52. The van der Waals surface area contributed by atoms with Gasteiger partial charge in [-0.2, -0.15) is 0 Å². The highest BCUT2D eigenvalue weighted by molar-refractivity contribution is 5.68. The van der Waals surface area contributed by atoms with Gasteiger partial charge >= 0.3 is 0 Å². The van der Waals surface area contributed by atoms with Crippen molar-refractivity contribution < 1.29 is 10.2 Å². The van der Waals surface area contributed by atoms with E-state index in [1.807, 2.05) is 30.4 Å². The zero-order chi connectivity index (χ0) is 15.4. The molecule has 0 saturated heterocycles. The second-order valence-electron chi connectivity index (χ2n) is 6.29. The predicted molar refractivity (Wildman–Crippen MR) is 89.6 cm³/mol. The summed E-state index contributed by atoms with van der Waals surface area (Å²) < 4.78 is 0. The van der Waals surface area contributed by atoms with Gasteiger partial charge < -0.3 is 10.2 Å². The third-order valence-electron chi connectivity index (χ3n) is 4.52. The van der Waals surface area contributed by atoms with Gasteiger partial charge in [0.05, 0.1) is 6.61 Å². The summed E-state index contributed by atoms with van der Waals surface area (Å²) in [6.07, 6.45) is 12.5. The lowest BCUT2D eigenvalue weighted by atomic mass is 9.81. The number of benzene rings is 1. The number of phenols is 1. The van der Waals surface area contributed by atoms with Gasteiger partial charge in [0, 0.05) is 25.0 Å². The minimum atomic E-state index is -0.157. The first-order chi connectivity index (χ1) is 10.7. The normalized spacial score (nSPS) is 25.2. The van der Waals surface area contributed by atoms with Gasteiger partial charge in [-0.1, -0.05) is 42.5 Å². The van der Waals surface area contributed by atoms with Gasteiger partial charge in [0.25, 0.3) is 0 Å². The highest BCUT2D eigenvalue weighted by Gasteiger charge is 2.30. The highest BCUT2D eigenvalue weighted by Crippen LogP contribution is 2.31. The molecule has 3 rings (SSSR count). The maximum Gasteiger partial charge on any atom is 0.116 e. The maximum atomic E-state index is 9.83. The molecule has 0 radical (unpaired) electrons. The third kappa shape index (κ3) is 3.32. The van der Waals surface area contributed by atoms with Gasteiger partial charge in [-0.05, 0) is 36.1 Å². The summed E-state index contributed by atoms with van der Waals surface area (Å²) in [7, 11) is 0. The Labute approximate surface area is 131 Å². The van der Waals surface area contributed by atoms with E-state index in [1.165, 1.54) is 5.57 Å². The number of aromatic hydroxyl groups is 1. The molecule has 0 spiro atoms. The Morgan fingerprint density at radius 2 is 2.14 bits per heavy atom. The van der Waals surface area contributed by atoms with Crippen molar-refractivity contribution >= 4 is 5.57 Å². The molecular formula is C19H23NO2. The smallest absolute Gasteiger partial charge is 0.116 e. The van der Waals surface area contributed by atoms with Gasteiger partial charge in [0.2, 0.25) is 0 Å². The molecule has 1 aromatic rings. The van der Waals surface area contributed by atoms with Crippen LogP contribution in [-0.2, 0) is 0 Å². The zero-order valence-corrected chi connectivity index (χ0v) is 12.8. The number of hydrogen-bond acceptors (Lipinski definition) is 3. The first-order valence-electron chi connectivity index (χ1n) is 7.87. The van der Waals surface area contributed by atoms with E-state index in [9.17, 15) is 10.2 Å². The van der Waals surface area contributed by atoms with Crippen LogP contribution in [0.2, 0.25) is 0 Å². The van der Waals surface area contributed by atoms with Crippen LogP contribution in [0.4, 0.5) is 0 Å². The number of allylic oxidation sites excluding steroid dienone is 3. The Balaban J connectivity index is 1.71. The second-order valence-corrected chi connectivity index (χ2v) is 6.29. The molecule has 1 unspecified atom stereocenters. The number of rotatable bonds is 4. The molecular weight excluding hydrogens is 274 g/mol. The summed E-state index contributed by atoms with van der Waals surface area (Å²) >= 11 is 0. The highest BCUT2D eigenvalue weighted by atomic mass is 16.3. The summed E-state index contributed by atoms with van der Waals surface area (Å²) in [4.78, 5) is 2.40.